The number of anilines is 1. The first-order chi connectivity index (χ1) is 9.65. The summed E-state index contributed by atoms with van der Waals surface area (Å²) in [6.07, 6.45) is 0. The maximum atomic E-state index is 12.8. The topological polar surface area (TPSA) is 57.8 Å². The van der Waals surface area contributed by atoms with E-state index in [1.165, 1.54) is 24.3 Å². The Labute approximate surface area is 114 Å². The second-order valence-electron chi connectivity index (χ2n) is 4.53. The summed E-state index contributed by atoms with van der Waals surface area (Å²) < 4.78 is 12.8. The Kier molecular flexibility index (Phi) is 2.95. The number of aromatic nitrogens is 2. The molecule has 3 aromatic rings. The number of hydrogen-bond acceptors (Lipinski definition) is 2. The van der Waals surface area contributed by atoms with Crippen LogP contribution in [0.1, 0.15) is 15.9 Å². The monoisotopic (exact) mass is 269 g/mol. The summed E-state index contributed by atoms with van der Waals surface area (Å²) in [5.41, 5.74) is 2.33. The van der Waals surface area contributed by atoms with Crippen LogP contribution in [0.5, 0.6) is 0 Å². The van der Waals surface area contributed by atoms with E-state index in [4.69, 9.17) is 0 Å². The summed E-state index contributed by atoms with van der Waals surface area (Å²) in [5.74, 6) is -0.222. The average molecular weight is 269 g/mol. The quantitative estimate of drug-likeness (QED) is 0.750. The highest BCUT2D eigenvalue weighted by molar-refractivity contribution is 6.08. The fraction of sp³-hybridized carbons (Fsp3) is 0.0667. The molecule has 0 bridgehead atoms. The van der Waals surface area contributed by atoms with E-state index < -0.39 is 0 Å². The summed E-state index contributed by atoms with van der Waals surface area (Å²) in [4.78, 5) is 12.1. The first kappa shape index (κ1) is 12.3. The molecule has 0 radical (unpaired) electrons. The molecule has 0 aliphatic rings. The summed E-state index contributed by atoms with van der Waals surface area (Å²) >= 11 is 0. The lowest BCUT2D eigenvalue weighted by Crippen LogP contribution is -2.12. The number of carbonyl (C=O) groups excluding carboxylic acids is 1. The molecule has 1 amide bonds. The highest BCUT2D eigenvalue weighted by Gasteiger charge is 2.11. The van der Waals surface area contributed by atoms with Gasteiger partial charge in [0.25, 0.3) is 5.91 Å². The smallest absolute Gasteiger partial charge is 0.256 e. The van der Waals surface area contributed by atoms with Crippen LogP contribution in [-0.4, -0.2) is 16.1 Å². The molecule has 0 aliphatic heterocycles. The third-order valence-electron chi connectivity index (χ3n) is 3.15. The Hall–Kier alpha value is -2.69. The number of hydrogen-bond donors (Lipinski definition) is 2. The number of nitrogens with zero attached hydrogens (tertiary/aromatic N) is 1. The van der Waals surface area contributed by atoms with Crippen molar-refractivity contribution in [3.63, 3.8) is 0 Å². The Bertz CT molecular complexity index is 777. The molecule has 1 heterocycles. The second-order valence-corrected chi connectivity index (χ2v) is 4.53. The second kappa shape index (κ2) is 4.77. The van der Waals surface area contributed by atoms with Gasteiger partial charge < -0.3 is 5.32 Å². The zero-order valence-corrected chi connectivity index (χ0v) is 10.8. The molecule has 5 heteroatoms. The lowest BCUT2D eigenvalue weighted by Gasteiger charge is -2.02. The molecule has 0 spiro atoms. The third-order valence-corrected chi connectivity index (χ3v) is 3.15. The first-order valence-corrected chi connectivity index (χ1v) is 6.16. The van der Waals surface area contributed by atoms with Crippen LogP contribution in [0.4, 0.5) is 10.2 Å². The normalized spacial score (nSPS) is 10.7. The minimum Gasteiger partial charge on any atom is -0.305 e. The number of amides is 1. The molecule has 0 aliphatic carbocycles. The Morgan fingerprint density at radius 3 is 2.70 bits per heavy atom. The van der Waals surface area contributed by atoms with Gasteiger partial charge in [-0.05, 0) is 42.8 Å². The number of H-pyrrole nitrogens is 1. The standard InChI is InChI=1S/C15H12FN3O/c1-9-3-2-4-12-13(9)18-19-14(12)17-15(20)10-5-7-11(16)8-6-10/h2-8H,1H3,(H2,17,18,19,20). The SMILES string of the molecule is Cc1cccc2c(NC(=O)c3ccc(F)cc3)n[nH]c12. The molecule has 3 rings (SSSR count). The van der Waals surface area contributed by atoms with Crippen molar-refractivity contribution in [3.8, 4) is 0 Å². The van der Waals surface area contributed by atoms with Crippen LogP contribution in [-0.2, 0) is 0 Å². The van der Waals surface area contributed by atoms with Gasteiger partial charge in [0.15, 0.2) is 5.82 Å². The van der Waals surface area contributed by atoms with E-state index in [0.717, 1.165) is 16.5 Å². The van der Waals surface area contributed by atoms with Crippen molar-refractivity contribution >= 4 is 22.6 Å². The van der Waals surface area contributed by atoms with Crippen LogP contribution in [0.25, 0.3) is 10.9 Å². The number of carbonyl (C=O) groups is 1. The molecular formula is C15H12FN3O. The number of para-hydroxylation sites is 1. The molecule has 2 aromatic carbocycles. The highest BCUT2D eigenvalue weighted by Crippen LogP contribution is 2.23. The average Bonchev–Trinajstić information content (AvgIpc) is 2.84. The zero-order valence-electron chi connectivity index (χ0n) is 10.8. The molecular weight excluding hydrogens is 257 g/mol. The molecule has 20 heavy (non-hydrogen) atoms. The van der Waals surface area contributed by atoms with Gasteiger partial charge in [-0.15, -0.1) is 0 Å². The summed E-state index contributed by atoms with van der Waals surface area (Å²) in [6.45, 7) is 1.96. The lowest BCUT2D eigenvalue weighted by molar-refractivity contribution is 0.102. The van der Waals surface area contributed by atoms with Gasteiger partial charge in [0.2, 0.25) is 0 Å². The number of aryl methyl sites for hydroxylation is 1. The Morgan fingerprint density at radius 2 is 1.95 bits per heavy atom. The van der Waals surface area contributed by atoms with Gasteiger partial charge in [0, 0.05) is 10.9 Å². The van der Waals surface area contributed by atoms with Gasteiger partial charge in [0.05, 0.1) is 5.52 Å². The van der Waals surface area contributed by atoms with Crippen molar-refractivity contribution in [1.29, 1.82) is 0 Å². The largest absolute Gasteiger partial charge is 0.305 e. The number of fused-ring (bicyclic) bond motifs is 1. The van der Waals surface area contributed by atoms with Gasteiger partial charge in [-0.3, -0.25) is 9.89 Å². The van der Waals surface area contributed by atoms with Gasteiger partial charge in [-0.25, -0.2) is 4.39 Å². The summed E-state index contributed by atoms with van der Waals surface area (Å²) in [5, 5.41) is 10.6. The van der Waals surface area contributed by atoms with Crippen LogP contribution < -0.4 is 5.32 Å². The molecule has 0 atom stereocenters. The van der Waals surface area contributed by atoms with Crippen molar-refractivity contribution < 1.29 is 9.18 Å². The van der Waals surface area contributed by atoms with Crippen LogP contribution >= 0.6 is 0 Å². The fourth-order valence-corrected chi connectivity index (χ4v) is 2.06. The van der Waals surface area contributed by atoms with Crippen molar-refractivity contribution in [2.75, 3.05) is 5.32 Å². The van der Waals surface area contributed by atoms with E-state index in [1.807, 2.05) is 25.1 Å². The van der Waals surface area contributed by atoms with Gasteiger partial charge in [-0.2, -0.15) is 5.10 Å². The number of aromatic amines is 1. The zero-order chi connectivity index (χ0) is 14.1. The third kappa shape index (κ3) is 2.14. The molecule has 1 aromatic heterocycles. The van der Waals surface area contributed by atoms with E-state index in [0.29, 0.717) is 11.4 Å². The van der Waals surface area contributed by atoms with Crippen molar-refractivity contribution in [2.24, 2.45) is 0 Å². The van der Waals surface area contributed by atoms with E-state index >= 15 is 0 Å². The molecule has 0 saturated heterocycles. The van der Waals surface area contributed by atoms with Crippen LogP contribution in [0, 0.1) is 12.7 Å². The predicted octanol–water partition coefficient (Wildman–Crippen LogP) is 3.26. The van der Waals surface area contributed by atoms with Crippen molar-refractivity contribution in [2.45, 2.75) is 6.92 Å². The van der Waals surface area contributed by atoms with Gasteiger partial charge in [0.1, 0.15) is 5.82 Å². The number of rotatable bonds is 2. The summed E-state index contributed by atoms with van der Waals surface area (Å²) in [7, 11) is 0. The molecule has 2 N–H and O–H groups in total. The highest BCUT2D eigenvalue weighted by atomic mass is 19.1. The van der Waals surface area contributed by atoms with Crippen molar-refractivity contribution in [1.82, 2.24) is 10.2 Å². The number of halogens is 1. The maximum absolute atomic E-state index is 12.8. The fourth-order valence-electron chi connectivity index (χ4n) is 2.06. The number of benzene rings is 2. The van der Waals surface area contributed by atoms with E-state index in [9.17, 15) is 9.18 Å². The van der Waals surface area contributed by atoms with Crippen LogP contribution in [0.3, 0.4) is 0 Å². The predicted molar refractivity (Wildman–Crippen MR) is 75.2 cm³/mol. The van der Waals surface area contributed by atoms with E-state index in [-0.39, 0.29) is 11.7 Å². The Morgan fingerprint density at radius 1 is 1.20 bits per heavy atom. The minimum absolute atomic E-state index is 0.320. The van der Waals surface area contributed by atoms with Crippen LogP contribution in [0.15, 0.2) is 42.5 Å². The molecule has 4 nitrogen and oxygen atoms in total. The Balaban J connectivity index is 1.91. The lowest BCUT2D eigenvalue weighted by atomic mass is 10.1. The van der Waals surface area contributed by atoms with E-state index in [2.05, 4.69) is 15.5 Å². The van der Waals surface area contributed by atoms with Crippen LogP contribution in [0.2, 0.25) is 0 Å². The first-order valence-electron chi connectivity index (χ1n) is 6.16. The molecule has 0 fully saturated rings. The van der Waals surface area contributed by atoms with E-state index in [1.54, 1.807) is 0 Å². The molecule has 100 valence electrons. The number of nitrogens with one attached hydrogen (secondary N) is 2. The van der Waals surface area contributed by atoms with Crippen molar-refractivity contribution in [3.05, 3.63) is 59.4 Å². The molecule has 0 saturated carbocycles. The summed E-state index contributed by atoms with van der Waals surface area (Å²) in [6, 6.07) is 11.1. The van der Waals surface area contributed by atoms with Gasteiger partial charge in [-0.1, -0.05) is 12.1 Å². The van der Waals surface area contributed by atoms with Gasteiger partial charge >= 0.3 is 0 Å². The minimum atomic E-state index is -0.373. The molecule has 0 unspecified atom stereocenters. The maximum Gasteiger partial charge on any atom is 0.256 e.